The van der Waals surface area contributed by atoms with Crippen molar-refractivity contribution in [2.45, 2.75) is 19.8 Å². The minimum atomic E-state index is -0.522. The average molecular weight is 411 g/mol. The van der Waals surface area contributed by atoms with Gasteiger partial charge in [-0.1, -0.05) is 25.1 Å². The number of ketones is 1. The van der Waals surface area contributed by atoms with Gasteiger partial charge in [0, 0.05) is 22.7 Å². The summed E-state index contributed by atoms with van der Waals surface area (Å²) >= 11 is 0. The van der Waals surface area contributed by atoms with E-state index in [0.717, 1.165) is 22.9 Å². The number of esters is 1. The quantitative estimate of drug-likeness (QED) is 0.427. The van der Waals surface area contributed by atoms with Crippen LogP contribution in [0.4, 0.5) is 0 Å². The number of ether oxygens (including phenoxy) is 4. The van der Waals surface area contributed by atoms with Gasteiger partial charge in [-0.05, 0) is 29.7 Å². The lowest BCUT2D eigenvalue weighted by Gasteiger charge is -2.14. The van der Waals surface area contributed by atoms with Crippen molar-refractivity contribution < 1.29 is 28.5 Å². The number of Topliss-reactive ketones (excluding diaryl/α,β-unsaturated/α-hetero) is 1. The highest BCUT2D eigenvalue weighted by atomic mass is 16.5. The van der Waals surface area contributed by atoms with Crippen molar-refractivity contribution in [1.29, 1.82) is 0 Å². The number of benzene rings is 2. The molecule has 0 atom stereocenters. The summed E-state index contributed by atoms with van der Waals surface area (Å²) in [6.07, 6.45) is 2.49. The summed E-state index contributed by atoms with van der Waals surface area (Å²) < 4.78 is 21.1. The van der Waals surface area contributed by atoms with Gasteiger partial charge in [0.05, 0.1) is 27.8 Å². The van der Waals surface area contributed by atoms with Crippen molar-refractivity contribution >= 4 is 22.7 Å². The smallest absolute Gasteiger partial charge is 0.310 e. The molecule has 1 N–H and O–H groups in total. The number of carbonyl (C=O) groups is 2. The molecule has 0 spiro atoms. The number of fused-ring (bicyclic) bond motifs is 1. The molecular formula is C23H25NO6. The summed E-state index contributed by atoms with van der Waals surface area (Å²) in [6, 6.07) is 9.18. The van der Waals surface area contributed by atoms with E-state index in [1.807, 2.05) is 18.2 Å². The van der Waals surface area contributed by atoms with Gasteiger partial charge in [-0.25, -0.2) is 0 Å². The van der Waals surface area contributed by atoms with E-state index >= 15 is 0 Å². The summed E-state index contributed by atoms with van der Waals surface area (Å²) in [7, 11) is 4.51. The molecule has 3 aromatic rings. The molecule has 30 heavy (non-hydrogen) atoms. The molecule has 0 aliphatic heterocycles. The molecule has 0 amide bonds. The second kappa shape index (κ2) is 9.35. The molecule has 0 fully saturated rings. The molecule has 2 aromatic carbocycles. The van der Waals surface area contributed by atoms with Crippen molar-refractivity contribution in [1.82, 2.24) is 4.98 Å². The lowest BCUT2D eigenvalue weighted by atomic mass is 10.1. The maximum Gasteiger partial charge on any atom is 0.310 e. The SMILES string of the molecule is CCc1cccc2c(C(=O)COC(=O)Cc3cc(OC)c(OC)c(OC)c3)c[nH]c12. The lowest BCUT2D eigenvalue weighted by Crippen LogP contribution is -2.15. The Labute approximate surface area is 174 Å². The first-order valence-electron chi connectivity index (χ1n) is 9.59. The molecule has 3 rings (SSSR count). The zero-order chi connectivity index (χ0) is 21.7. The molecule has 7 nitrogen and oxygen atoms in total. The van der Waals surface area contributed by atoms with E-state index in [-0.39, 0.29) is 18.8 Å². The number of para-hydroxylation sites is 1. The number of nitrogens with one attached hydrogen (secondary N) is 1. The average Bonchev–Trinajstić information content (AvgIpc) is 3.21. The van der Waals surface area contributed by atoms with Gasteiger partial charge >= 0.3 is 5.97 Å². The van der Waals surface area contributed by atoms with Crippen LogP contribution in [0.3, 0.4) is 0 Å². The predicted molar refractivity (Wildman–Crippen MR) is 113 cm³/mol. The van der Waals surface area contributed by atoms with Crippen LogP contribution in [0.2, 0.25) is 0 Å². The zero-order valence-electron chi connectivity index (χ0n) is 17.5. The predicted octanol–water partition coefficient (Wildman–Crippen LogP) is 3.72. The summed E-state index contributed by atoms with van der Waals surface area (Å²) in [5.74, 6) is 0.556. The Hall–Kier alpha value is -3.48. The van der Waals surface area contributed by atoms with E-state index in [9.17, 15) is 9.59 Å². The van der Waals surface area contributed by atoms with Gasteiger partial charge in [-0.2, -0.15) is 0 Å². The van der Waals surface area contributed by atoms with Gasteiger partial charge in [0.25, 0.3) is 0 Å². The van der Waals surface area contributed by atoms with E-state index < -0.39 is 5.97 Å². The van der Waals surface area contributed by atoms with Crippen LogP contribution in [0.5, 0.6) is 17.2 Å². The summed E-state index contributed by atoms with van der Waals surface area (Å²) in [4.78, 5) is 28.1. The molecule has 0 bridgehead atoms. The number of aryl methyl sites for hydroxylation is 1. The van der Waals surface area contributed by atoms with Gasteiger partial charge in [-0.15, -0.1) is 0 Å². The summed E-state index contributed by atoms with van der Waals surface area (Å²) in [5.41, 5.74) is 3.21. The van der Waals surface area contributed by atoms with Crippen LogP contribution >= 0.6 is 0 Å². The van der Waals surface area contributed by atoms with E-state index in [0.29, 0.717) is 28.4 Å². The van der Waals surface area contributed by atoms with E-state index in [2.05, 4.69) is 11.9 Å². The van der Waals surface area contributed by atoms with E-state index in [1.165, 1.54) is 21.3 Å². The molecule has 0 saturated carbocycles. The lowest BCUT2D eigenvalue weighted by molar-refractivity contribution is -0.141. The number of hydrogen-bond acceptors (Lipinski definition) is 6. The number of hydrogen-bond donors (Lipinski definition) is 1. The van der Waals surface area contributed by atoms with Gasteiger partial charge < -0.3 is 23.9 Å². The third-order valence-corrected chi connectivity index (χ3v) is 4.92. The van der Waals surface area contributed by atoms with Crippen molar-refractivity contribution in [2.24, 2.45) is 0 Å². The van der Waals surface area contributed by atoms with Crippen molar-refractivity contribution in [2.75, 3.05) is 27.9 Å². The van der Waals surface area contributed by atoms with Crippen molar-refractivity contribution in [3.05, 3.63) is 53.2 Å². The van der Waals surface area contributed by atoms with Gasteiger partial charge in [0.1, 0.15) is 0 Å². The Kier molecular flexibility index (Phi) is 6.61. The molecule has 1 aromatic heterocycles. The number of aromatic amines is 1. The largest absolute Gasteiger partial charge is 0.493 e. The fourth-order valence-corrected chi connectivity index (χ4v) is 3.42. The maximum absolute atomic E-state index is 12.6. The van der Waals surface area contributed by atoms with E-state index in [4.69, 9.17) is 18.9 Å². The molecule has 0 unspecified atom stereocenters. The van der Waals surface area contributed by atoms with Crippen LogP contribution in [0.15, 0.2) is 36.5 Å². The first-order chi connectivity index (χ1) is 14.5. The number of H-pyrrole nitrogens is 1. The molecule has 0 aliphatic rings. The van der Waals surface area contributed by atoms with Crippen LogP contribution in [-0.2, 0) is 22.4 Å². The van der Waals surface area contributed by atoms with Crippen molar-refractivity contribution in [3.63, 3.8) is 0 Å². The molecule has 0 saturated heterocycles. The van der Waals surface area contributed by atoms with Crippen LogP contribution in [-0.4, -0.2) is 44.7 Å². The van der Waals surface area contributed by atoms with Gasteiger partial charge in [0.15, 0.2) is 18.1 Å². The molecular weight excluding hydrogens is 386 g/mol. The molecule has 0 radical (unpaired) electrons. The second-order valence-electron chi connectivity index (χ2n) is 6.69. The normalized spacial score (nSPS) is 10.7. The Morgan fingerprint density at radius 3 is 2.30 bits per heavy atom. The fourth-order valence-electron chi connectivity index (χ4n) is 3.42. The maximum atomic E-state index is 12.6. The standard InChI is InChI=1S/C23H25NO6/c1-5-15-7-6-8-16-17(12-24-22(15)16)18(25)13-30-21(26)11-14-9-19(27-2)23(29-4)20(10-14)28-3/h6-10,12,24H,5,11,13H2,1-4H3. The second-order valence-corrected chi connectivity index (χ2v) is 6.69. The van der Waals surface area contributed by atoms with Gasteiger partial charge in [-0.3, -0.25) is 9.59 Å². The van der Waals surface area contributed by atoms with Crippen LogP contribution in [0.25, 0.3) is 10.9 Å². The minimum absolute atomic E-state index is 0.0299. The summed E-state index contributed by atoms with van der Waals surface area (Å²) in [6.45, 7) is 1.73. The Balaban J connectivity index is 1.69. The highest BCUT2D eigenvalue weighted by Gasteiger charge is 2.18. The number of carbonyl (C=O) groups excluding carboxylic acids is 2. The molecule has 7 heteroatoms. The highest BCUT2D eigenvalue weighted by molar-refractivity contribution is 6.09. The van der Waals surface area contributed by atoms with E-state index in [1.54, 1.807) is 18.3 Å². The molecule has 158 valence electrons. The third-order valence-electron chi connectivity index (χ3n) is 4.92. The first-order valence-corrected chi connectivity index (χ1v) is 9.59. The third kappa shape index (κ3) is 4.25. The molecule has 1 heterocycles. The topological polar surface area (TPSA) is 86.9 Å². The monoisotopic (exact) mass is 411 g/mol. The summed E-state index contributed by atoms with van der Waals surface area (Å²) in [5, 5.41) is 0.833. The number of rotatable bonds is 9. The molecule has 0 aliphatic carbocycles. The number of methoxy groups -OCH3 is 3. The minimum Gasteiger partial charge on any atom is -0.493 e. The Morgan fingerprint density at radius 1 is 1.00 bits per heavy atom. The van der Waals surface area contributed by atoms with Crippen molar-refractivity contribution in [3.8, 4) is 17.2 Å². The zero-order valence-corrected chi connectivity index (χ0v) is 17.5. The first kappa shape index (κ1) is 21.2. The fraction of sp³-hybridized carbons (Fsp3) is 0.304. The Bertz CT molecular complexity index is 1040. The number of aromatic nitrogens is 1. The van der Waals surface area contributed by atoms with Crippen LogP contribution in [0.1, 0.15) is 28.4 Å². The Morgan fingerprint density at radius 2 is 1.70 bits per heavy atom. The highest BCUT2D eigenvalue weighted by Crippen LogP contribution is 2.38. The van der Waals surface area contributed by atoms with Crippen LogP contribution in [0, 0.1) is 0 Å². The van der Waals surface area contributed by atoms with Crippen LogP contribution < -0.4 is 14.2 Å². The van der Waals surface area contributed by atoms with Gasteiger partial charge in [0.2, 0.25) is 11.5 Å².